The largest absolute Gasteiger partial charge is 0.408 e. The van der Waals surface area contributed by atoms with Crippen molar-refractivity contribution in [3.8, 4) is 0 Å². The van der Waals surface area contributed by atoms with Gasteiger partial charge in [-0.1, -0.05) is 0 Å². The van der Waals surface area contributed by atoms with Gasteiger partial charge in [-0.05, 0) is 5.16 Å². The lowest BCUT2D eigenvalue weighted by molar-refractivity contribution is 0.300. The van der Waals surface area contributed by atoms with Gasteiger partial charge >= 0.3 is 0 Å². The van der Waals surface area contributed by atoms with Gasteiger partial charge in [0, 0.05) is 0 Å². The van der Waals surface area contributed by atoms with Gasteiger partial charge in [0.15, 0.2) is 0 Å². The standard InChI is InChI=1S/CH7N5O/c2-1(5-7)6(3)4/h7H,3-4H2,(H2,2,5). The van der Waals surface area contributed by atoms with Crippen molar-refractivity contribution in [3.05, 3.63) is 0 Å². The van der Waals surface area contributed by atoms with E-state index in [4.69, 9.17) is 22.6 Å². The van der Waals surface area contributed by atoms with Gasteiger partial charge in [-0.25, -0.2) is 16.8 Å². The molecule has 0 aliphatic heterocycles. The zero-order chi connectivity index (χ0) is 5.86. The first kappa shape index (κ1) is 5.99. The van der Waals surface area contributed by atoms with Crippen LogP contribution in [0, 0.1) is 0 Å². The second kappa shape index (κ2) is 2.21. The number of oxime groups is 1. The van der Waals surface area contributed by atoms with Crippen molar-refractivity contribution in [1.29, 1.82) is 0 Å². The lowest BCUT2D eigenvalue weighted by atomic mass is 11.1. The predicted octanol–water partition coefficient (Wildman–Crippen LogP) is -2.26. The number of rotatable bonds is 0. The van der Waals surface area contributed by atoms with Crippen molar-refractivity contribution in [2.24, 2.45) is 22.6 Å². The van der Waals surface area contributed by atoms with E-state index < -0.39 is 0 Å². The van der Waals surface area contributed by atoms with Crippen LogP contribution in [-0.4, -0.2) is 16.3 Å². The van der Waals surface area contributed by atoms with E-state index in [0.717, 1.165) is 0 Å². The number of guanidine groups is 1. The normalized spacial score (nSPS) is 11.4. The molecule has 0 amide bonds. The van der Waals surface area contributed by atoms with Crippen molar-refractivity contribution in [3.63, 3.8) is 0 Å². The Balaban J connectivity index is 3.56. The van der Waals surface area contributed by atoms with E-state index >= 15 is 0 Å². The van der Waals surface area contributed by atoms with Crippen LogP contribution in [-0.2, 0) is 0 Å². The van der Waals surface area contributed by atoms with Gasteiger partial charge in [0.25, 0.3) is 5.96 Å². The SMILES string of the molecule is N/C(=N\O)N(N)N. The fraction of sp³-hybridized carbons (Fsp3) is 0. The highest BCUT2D eigenvalue weighted by molar-refractivity contribution is 5.75. The summed E-state index contributed by atoms with van der Waals surface area (Å²) in [4.78, 5) is 0. The van der Waals surface area contributed by atoms with Crippen LogP contribution in [0.25, 0.3) is 0 Å². The number of hydrazine groups is 2. The Morgan fingerprint density at radius 1 is 1.57 bits per heavy atom. The third-order valence-electron chi connectivity index (χ3n) is 0.367. The summed E-state index contributed by atoms with van der Waals surface area (Å²) in [7, 11) is 0. The summed E-state index contributed by atoms with van der Waals surface area (Å²) >= 11 is 0. The number of hydrogen-bond donors (Lipinski definition) is 4. The Hall–Kier alpha value is -1.01. The molecule has 0 aromatic rings. The maximum atomic E-state index is 7.77. The van der Waals surface area contributed by atoms with Crippen LogP contribution in [0.4, 0.5) is 0 Å². The van der Waals surface area contributed by atoms with Crippen molar-refractivity contribution in [1.82, 2.24) is 5.12 Å². The Bertz CT molecular complexity index is 76.1. The van der Waals surface area contributed by atoms with Crippen LogP contribution in [0.3, 0.4) is 0 Å². The first-order chi connectivity index (χ1) is 3.18. The minimum Gasteiger partial charge on any atom is -0.408 e. The van der Waals surface area contributed by atoms with Crippen LogP contribution >= 0.6 is 0 Å². The maximum absolute atomic E-state index is 7.77. The molecular weight excluding hydrogens is 98.0 g/mol. The molecule has 0 aliphatic carbocycles. The van der Waals surface area contributed by atoms with E-state index in [1.54, 1.807) is 0 Å². The summed E-state index contributed by atoms with van der Waals surface area (Å²) in [5, 5.41) is 10.7. The molecule has 0 rings (SSSR count). The molecule has 0 saturated carbocycles. The highest BCUT2D eigenvalue weighted by atomic mass is 16.4. The van der Waals surface area contributed by atoms with Crippen LogP contribution in [0.15, 0.2) is 5.16 Å². The second-order valence-electron chi connectivity index (χ2n) is 0.865. The minimum atomic E-state index is -0.333. The highest BCUT2D eigenvalue weighted by Gasteiger charge is 1.90. The van der Waals surface area contributed by atoms with Gasteiger partial charge in [-0.15, -0.1) is 0 Å². The molecule has 0 atom stereocenters. The summed E-state index contributed by atoms with van der Waals surface area (Å²) in [6.07, 6.45) is 0. The number of nitrogens with zero attached hydrogens (tertiary/aromatic N) is 2. The van der Waals surface area contributed by atoms with Gasteiger partial charge in [-0.3, -0.25) is 0 Å². The van der Waals surface area contributed by atoms with E-state index in [0.29, 0.717) is 5.12 Å². The Morgan fingerprint density at radius 3 is 2.00 bits per heavy atom. The van der Waals surface area contributed by atoms with Crippen LogP contribution in [0.2, 0.25) is 0 Å². The predicted molar refractivity (Wildman–Crippen MR) is 23.6 cm³/mol. The Labute approximate surface area is 40.1 Å². The molecule has 6 heteroatoms. The topological polar surface area (TPSA) is 114 Å². The minimum absolute atomic E-state index is 0.333. The lowest BCUT2D eigenvalue weighted by Gasteiger charge is -2.05. The first-order valence-electron chi connectivity index (χ1n) is 1.45. The smallest absolute Gasteiger partial charge is 0.262 e. The molecule has 0 fully saturated rings. The zero-order valence-electron chi connectivity index (χ0n) is 3.57. The quantitative estimate of drug-likeness (QED) is 0.0912. The lowest BCUT2D eigenvalue weighted by Crippen LogP contribution is -2.47. The molecule has 0 aliphatic rings. The first-order valence-corrected chi connectivity index (χ1v) is 1.45. The fourth-order valence-electron chi connectivity index (χ4n) is 0.0516. The Kier molecular flexibility index (Phi) is 1.89. The molecule has 0 spiro atoms. The van der Waals surface area contributed by atoms with Crippen molar-refractivity contribution >= 4 is 5.96 Å². The zero-order valence-corrected chi connectivity index (χ0v) is 3.57. The van der Waals surface area contributed by atoms with E-state index in [2.05, 4.69) is 5.16 Å². The highest BCUT2D eigenvalue weighted by Crippen LogP contribution is 1.58. The number of nitrogens with two attached hydrogens (primary N) is 3. The third kappa shape index (κ3) is 1.79. The molecule has 0 aromatic heterocycles. The molecular formula is CH7N5O. The maximum Gasteiger partial charge on any atom is 0.262 e. The van der Waals surface area contributed by atoms with E-state index in [9.17, 15) is 0 Å². The summed E-state index contributed by atoms with van der Waals surface area (Å²) in [5.74, 6) is 9.15. The van der Waals surface area contributed by atoms with Gasteiger partial charge in [0.2, 0.25) is 0 Å². The van der Waals surface area contributed by atoms with E-state index in [1.165, 1.54) is 0 Å². The average Bonchev–Trinajstić information content (AvgIpc) is 1.65. The Morgan fingerprint density at radius 2 is 2.00 bits per heavy atom. The van der Waals surface area contributed by atoms with Crippen LogP contribution in [0.5, 0.6) is 0 Å². The molecule has 7 heavy (non-hydrogen) atoms. The molecule has 0 heterocycles. The van der Waals surface area contributed by atoms with Gasteiger partial charge < -0.3 is 10.9 Å². The monoisotopic (exact) mass is 105 g/mol. The third-order valence-corrected chi connectivity index (χ3v) is 0.367. The molecule has 0 radical (unpaired) electrons. The summed E-state index contributed by atoms with van der Waals surface area (Å²) < 4.78 is 0. The summed E-state index contributed by atoms with van der Waals surface area (Å²) in [5.41, 5.74) is 4.79. The average molecular weight is 105 g/mol. The van der Waals surface area contributed by atoms with Gasteiger partial charge in [0.05, 0.1) is 0 Å². The molecule has 0 bridgehead atoms. The van der Waals surface area contributed by atoms with Crippen molar-refractivity contribution < 1.29 is 5.21 Å². The summed E-state index contributed by atoms with van der Waals surface area (Å²) in [6, 6.07) is 0. The summed E-state index contributed by atoms with van der Waals surface area (Å²) in [6.45, 7) is 0. The van der Waals surface area contributed by atoms with Crippen molar-refractivity contribution in [2.45, 2.75) is 0 Å². The second-order valence-corrected chi connectivity index (χ2v) is 0.865. The van der Waals surface area contributed by atoms with E-state index in [-0.39, 0.29) is 5.96 Å². The van der Waals surface area contributed by atoms with Crippen LogP contribution < -0.4 is 17.4 Å². The van der Waals surface area contributed by atoms with Gasteiger partial charge in [-0.2, -0.15) is 0 Å². The molecule has 7 N–H and O–H groups in total. The molecule has 0 unspecified atom stereocenters. The van der Waals surface area contributed by atoms with Crippen molar-refractivity contribution in [2.75, 3.05) is 0 Å². The molecule has 0 aromatic carbocycles. The van der Waals surface area contributed by atoms with Crippen LogP contribution in [0.1, 0.15) is 0 Å². The fourth-order valence-corrected chi connectivity index (χ4v) is 0.0516. The molecule has 0 saturated heterocycles. The molecule has 6 nitrogen and oxygen atoms in total. The molecule has 42 valence electrons. The van der Waals surface area contributed by atoms with E-state index in [1.807, 2.05) is 0 Å². The van der Waals surface area contributed by atoms with Gasteiger partial charge in [0.1, 0.15) is 0 Å². The number of hydrogen-bond acceptors (Lipinski definition) is 4.